The smallest absolute Gasteiger partial charge is 0.265 e. The molecular weight excluding hydrogens is 465 g/mol. The largest absolute Gasteiger partial charge is 0.485 e. The fraction of sp³-hybridized carbons (Fsp3) is 0.160. The van der Waals surface area contributed by atoms with Gasteiger partial charge in [-0.3, -0.25) is 19.3 Å². The normalized spacial score (nSPS) is 13.5. The number of amides is 2. The molecule has 10 heteroatoms. The highest BCUT2D eigenvalue weighted by Gasteiger charge is 2.33. The molecule has 0 saturated heterocycles. The molecule has 35 heavy (non-hydrogen) atoms. The minimum absolute atomic E-state index is 0.0264. The maximum Gasteiger partial charge on any atom is 0.265 e. The number of carbonyl (C=O) groups is 3. The molecule has 1 aliphatic rings. The van der Waals surface area contributed by atoms with Crippen LogP contribution in [0.5, 0.6) is 11.5 Å². The first-order chi connectivity index (χ1) is 16.7. The second-order valence-corrected chi connectivity index (χ2v) is 7.69. The number of rotatable bonds is 7. The third kappa shape index (κ3) is 5.26. The number of nitrogens with one attached hydrogen (secondary N) is 1. The molecule has 2 amide bonds. The number of halogens is 3. The molecule has 4 rings (SSSR count). The summed E-state index contributed by atoms with van der Waals surface area (Å²) in [6.07, 6.45) is 0. The quantitative estimate of drug-likeness (QED) is 0.510. The third-order valence-electron chi connectivity index (χ3n) is 5.30. The van der Waals surface area contributed by atoms with Crippen LogP contribution in [0.15, 0.2) is 60.7 Å². The van der Waals surface area contributed by atoms with Crippen LogP contribution >= 0.6 is 0 Å². The van der Waals surface area contributed by atoms with Gasteiger partial charge in [-0.15, -0.1) is 0 Å². The molecule has 0 bridgehead atoms. The third-order valence-corrected chi connectivity index (χ3v) is 5.30. The predicted molar refractivity (Wildman–Crippen MR) is 120 cm³/mol. The number of hydrogen-bond acceptors (Lipinski definition) is 5. The molecule has 0 aromatic heterocycles. The first kappa shape index (κ1) is 23.8. The van der Waals surface area contributed by atoms with Gasteiger partial charge in [-0.1, -0.05) is 0 Å². The van der Waals surface area contributed by atoms with Crippen molar-refractivity contribution in [2.45, 2.75) is 13.0 Å². The molecule has 0 radical (unpaired) electrons. The lowest BCUT2D eigenvalue weighted by atomic mass is 10.1. The zero-order valence-corrected chi connectivity index (χ0v) is 18.4. The maximum absolute atomic E-state index is 13.4. The highest BCUT2D eigenvalue weighted by molar-refractivity contribution is 6.08. The van der Waals surface area contributed by atoms with Gasteiger partial charge in [0, 0.05) is 17.3 Å². The van der Waals surface area contributed by atoms with Gasteiger partial charge in [0.1, 0.15) is 23.4 Å². The Hall–Kier alpha value is -4.34. The molecule has 0 fully saturated rings. The van der Waals surface area contributed by atoms with Gasteiger partial charge in [-0.25, -0.2) is 13.2 Å². The lowest BCUT2D eigenvalue weighted by Gasteiger charge is -2.33. The predicted octanol–water partition coefficient (Wildman–Crippen LogP) is 4.12. The summed E-state index contributed by atoms with van der Waals surface area (Å²) >= 11 is 0. The van der Waals surface area contributed by atoms with Crippen molar-refractivity contribution in [2.75, 3.05) is 23.4 Å². The van der Waals surface area contributed by atoms with E-state index in [4.69, 9.17) is 9.47 Å². The van der Waals surface area contributed by atoms with Gasteiger partial charge < -0.3 is 14.8 Å². The van der Waals surface area contributed by atoms with E-state index in [1.54, 1.807) is 0 Å². The van der Waals surface area contributed by atoms with E-state index in [2.05, 4.69) is 5.32 Å². The second kappa shape index (κ2) is 9.88. The summed E-state index contributed by atoms with van der Waals surface area (Å²) in [5.74, 6) is -3.87. The van der Waals surface area contributed by atoms with E-state index in [9.17, 15) is 27.6 Å². The molecule has 0 aliphatic carbocycles. The monoisotopic (exact) mass is 484 g/mol. The molecule has 0 saturated carbocycles. The number of ketones is 1. The average molecular weight is 484 g/mol. The average Bonchev–Trinajstić information content (AvgIpc) is 2.85. The minimum Gasteiger partial charge on any atom is -0.485 e. The van der Waals surface area contributed by atoms with Crippen molar-refractivity contribution in [2.24, 2.45) is 0 Å². The van der Waals surface area contributed by atoms with Crippen LogP contribution in [-0.4, -0.2) is 36.9 Å². The van der Waals surface area contributed by atoms with Crippen molar-refractivity contribution < 1.29 is 37.0 Å². The molecule has 1 atom stereocenters. The Bertz CT molecular complexity index is 1300. The topological polar surface area (TPSA) is 84.9 Å². The number of nitrogens with zero attached hydrogens (tertiary/aromatic N) is 1. The fourth-order valence-corrected chi connectivity index (χ4v) is 3.47. The van der Waals surface area contributed by atoms with E-state index in [0.717, 1.165) is 12.1 Å². The van der Waals surface area contributed by atoms with Gasteiger partial charge >= 0.3 is 0 Å². The molecule has 7 nitrogen and oxygen atoms in total. The van der Waals surface area contributed by atoms with Crippen LogP contribution in [0.3, 0.4) is 0 Å². The molecule has 0 spiro atoms. The van der Waals surface area contributed by atoms with Crippen molar-refractivity contribution in [3.63, 3.8) is 0 Å². The van der Waals surface area contributed by atoms with Crippen molar-refractivity contribution in [3.05, 3.63) is 83.7 Å². The SMILES string of the molecule is C[C@H](C(=O)Nc1ccc(F)cc1)N1C(=O)COc2ccc(C(=O)COc3ccc(F)c(F)c3)cc21. The zero-order chi connectivity index (χ0) is 25.1. The van der Waals surface area contributed by atoms with E-state index in [-0.39, 0.29) is 23.6 Å². The van der Waals surface area contributed by atoms with E-state index in [1.807, 2.05) is 0 Å². The Balaban J connectivity index is 1.52. The molecule has 0 unspecified atom stereocenters. The van der Waals surface area contributed by atoms with Gasteiger partial charge in [0.15, 0.2) is 30.6 Å². The van der Waals surface area contributed by atoms with Gasteiger partial charge in [0.2, 0.25) is 5.91 Å². The fourth-order valence-electron chi connectivity index (χ4n) is 3.47. The summed E-state index contributed by atoms with van der Waals surface area (Å²) in [6.45, 7) is 0.736. The van der Waals surface area contributed by atoms with Crippen LogP contribution in [0.4, 0.5) is 24.5 Å². The Kier molecular flexibility index (Phi) is 6.72. The first-order valence-corrected chi connectivity index (χ1v) is 10.5. The van der Waals surface area contributed by atoms with E-state index in [1.165, 1.54) is 60.4 Å². The molecular formula is C25H19F3N2O5. The summed E-state index contributed by atoms with van der Waals surface area (Å²) in [7, 11) is 0. The highest BCUT2D eigenvalue weighted by Crippen LogP contribution is 2.35. The van der Waals surface area contributed by atoms with E-state index in [0.29, 0.717) is 11.4 Å². The van der Waals surface area contributed by atoms with E-state index < -0.39 is 47.7 Å². The number of benzene rings is 3. The molecule has 1 aliphatic heterocycles. The van der Waals surface area contributed by atoms with E-state index >= 15 is 0 Å². The van der Waals surface area contributed by atoms with Crippen molar-refractivity contribution in [1.29, 1.82) is 0 Å². The first-order valence-electron chi connectivity index (χ1n) is 10.5. The van der Waals surface area contributed by atoms with Crippen LogP contribution in [0.2, 0.25) is 0 Å². The summed E-state index contributed by atoms with van der Waals surface area (Å²) in [4.78, 5) is 39.3. The Morgan fingerprint density at radius 1 is 1.03 bits per heavy atom. The number of ether oxygens (including phenoxy) is 2. The Morgan fingerprint density at radius 2 is 1.77 bits per heavy atom. The second-order valence-electron chi connectivity index (χ2n) is 7.69. The van der Waals surface area contributed by atoms with Crippen LogP contribution in [-0.2, 0) is 9.59 Å². The molecule has 3 aromatic carbocycles. The van der Waals surface area contributed by atoms with Gasteiger partial charge in [-0.2, -0.15) is 0 Å². The Labute approximate surface area is 198 Å². The Morgan fingerprint density at radius 3 is 2.49 bits per heavy atom. The van der Waals surface area contributed by atoms with Crippen molar-refractivity contribution >= 4 is 29.0 Å². The molecule has 180 valence electrons. The minimum atomic E-state index is -1.11. The lowest BCUT2D eigenvalue weighted by molar-refractivity contribution is -0.125. The number of hydrogen-bond donors (Lipinski definition) is 1. The number of Topliss-reactive ketones (excluding diaryl/α,β-unsaturated/α-hetero) is 1. The van der Waals surface area contributed by atoms with Crippen molar-refractivity contribution in [1.82, 2.24) is 0 Å². The van der Waals surface area contributed by atoms with Crippen molar-refractivity contribution in [3.8, 4) is 11.5 Å². The van der Waals surface area contributed by atoms with Crippen LogP contribution in [0.1, 0.15) is 17.3 Å². The zero-order valence-electron chi connectivity index (χ0n) is 18.4. The van der Waals surface area contributed by atoms with Crippen LogP contribution in [0.25, 0.3) is 0 Å². The standard InChI is InChI=1S/C25H19F3N2O5/c1-14(25(33)29-17-5-3-16(26)4-6-17)30-21-10-15(2-9-23(21)35-13-24(30)32)22(31)12-34-18-7-8-19(27)20(28)11-18/h2-11,14H,12-13H2,1H3,(H,29,33)/t14-/m1/s1. The number of fused-ring (bicyclic) bond motifs is 1. The number of carbonyl (C=O) groups excluding carboxylic acids is 3. The molecule has 1 heterocycles. The summed E-state index contributed by atoms with van der Waals surface area (Å²) < 4.78 is 50.2. The molecule has 3 aromatic rings. The number of anilines is 2. The summed E-state index contributed by atoms with van der Waals surface area (Å²) in [5.41, 5.74) is 0.713. The summed E-state index contributed by atoms with van der Waals surface area (Å²) in [5, 5.41) is 2.62. The maximum atomic E-state index is 13.4. The summed E-state index contributed by atoms with van der Waals surface area (Å²) in [6, 6.07) is 11.4. The van der Waals surface area contributed by atoms with Crippen LogP contribution in [0, 0.1) is 17.5 Å². The van der Waals surface area contributed by atoms with Gasteiger partial charge in [-0.05, 0) is 61.5 Å². The van der Waals surface area contributed by atoms with Gasteiger partial charge in [0.25, 0.3) is 5.91 Å². The highest BCUT2D eigenvalue weighted by atomic mass is 19.2. The van der Waals surface area contributed by atoms with Crippen LogP contribution < -0.4 is 19.7 Å². The molecule has 1 N–H and O–H groups in total. The lowest BCUT2D eigenvalue weighted by Crippen LogP contribution is -2.49. The van der Waals surface area contributed by atoms with Gasteiger partial charge in [0.05, 0.1) is 5.69 Å².